The van der Waals surface area contributed by atoms with E-state index in [4.69, 9.17) is 5.11 Å². The number of aliphatic hydroxyl groups excluding tert-OH is 2. The Labute approximate surface area is 69.2 Å². The van der Waals surface area contributed by atoms with Crippen molar-refractivity contribution >= 4 is 0 Å². The molecule has 0 rings (SSSR count). The summed E-state index contributed by atoms with van der Waals surface area (Å²) in [4.78, 5) is 0. The van der Waals surface area contributed by atoms with Crippen LogP contribution in [0, 0.1) is 11.8 Å². The van der Waals surface area contributed by atoms with E-state index in [-0.39, 0.29) is 12.7 Å². The zero-order valence-corrected chi connectivity index (χ0v) is 7.75. The second kappa shape index (κ2) is 5.56. The molecule has 2 unspecified atom stereocenters. The molecule has 68 valence electrons. The summed E-state index contributed by atoms with van der Waals surface area (Å²) in [6.07, 6.45) is 1.49. The van der Waals surface area contributed by atoms with Gasteiger partial charge in [0.1, 0.15) is 0 Å². The molecule has 0 fully saturated rings. The van der Waals surface area contributed by atoms with Crippen LogP contribution >= 0.6 is 0 Å². The van der Waals surface area contributed by atoms with Gasteiger partial charge in [0.2, 0.25) is 0 Å². The van der Waals surface area contributed by atoms with Crippen LogP contribution in [0.5, 0.6) is 0 Å². The molecule has 0 aromatic carbocycles. The monoisotopic (exact) mass is 160 g/mol. The molecule has 0 saturated carbocycles. The summed E-state index contributed by atoms with van der Waals surface area (Å²) in [5, 5.41) is 18.1. The average Bonchev–Trinajstić information content (AvgIpc) is 1.98. The first kappa shape index (κ1) is 10.9. The molecule has 2 N–H and O–H groups in total. The zero-order valence-electron chi connectivity index (χ0n) is 7.75. The van der Waals surface area contributed by atoms with Crippen molar-refractivity contribution in [3.63, 3.8) is 0 Å². The van der Waals surface area contributed by atoms with E-state index in [2.05, 4.69) is 0 Å². The second-order valence-electron chi connectivity index (χ2n) is 3.58. The Morgan fingerprint density at radius 2 is 1.73 bits per heavy atom. The van der Waals surface area contributed by atoms with Crippen LogP contribution < -0.4 is 0 Å². The van der Waals surface area contributed by atoms with Gasteiger partial charge in [-0.05, 0) is 24.7 Å². The molecule has 0 aromatic rings. The quantitative estimate of drug-likeness (QED) is 0.638. The molecular formula is C9H20O2. The van der Waals surface area contributed by atoms with Crippen molar-refractivity contribution in [1.82, 2.24) is 0 Å². The van der Waals surface area contributed by atoms with Crippen LogP contribution in [0.3, 0.4) is 0 Å². The van der Waals surface area contributed by atoms with Crippen molar-refractivity contribution in [1.29, 1.82) is 0 Å². The first-order chi connectivity index (χ1) is 5.09. The molecule has 0 radical (unpaired) electrons. The van der Waals surface area contributed by atoms with Crippen LogP contribution in [-0.4, -0.2) is 22.9 Å². The lowest BCUT2D eigenvalue weighted by Crippen LogP contribution is -2.23. The van der Waals surface area contributed by atoms with E-state index in [0.717, 1.165) is 12.8 Å². The van der Waals surface area contributed by atoms with Gasteiger partial charge in [0, 0.05) is 6.61 Å². The first-order valence-electron chi connectivity index (χ1n) is 4.38. The van der Waals surface area contributed by atoms with Crippen LogP contribution in [-0.2, 0) is 0 Å². The fourth-order valence-electron chi connectivity index (χ4n) is 1.24. The third kappa shape index (κ3) is 4.38. The Balaban J connectivity index is 3.55. The Bertz CT molecular complexity index is 91.6. The highest BCUT2D eigenvalue weighted by molar-refractivity contribution is 4.67. The third-order valence-corrected chi connectivity index (χ3v) is 2.08. The smallest absolute Gasteiger partial charge is 0.0588 e. The van der Waals surface area contributed by atoms with E-state index in [0.29, 0.717) is 11.8 Å². The van der Waals surface area contributed by atoms with E-state index in [1.807, 2.05) is 20.8 Å². The SMILES string of the molecule is CC(C)C(O)C(C)CCCO. The average molecular weight is 160 g/mol. The zero-order chi connectivity index (χ0) is 8.85. The molecule has 0 bridgehead atoms. The van der Waals surface area contributed by atoms with Crippen LogP contribution in [0.2, 0.25) is 0 Å². The summed E-state index contributed by atoms with van der Waals surface area (Å²) in [5.41, 5.74) is 0. The number of aliphatic hydroxyl groups is 2. The molecule has 0 spiro atoms. The molecule has 0 saturated heterocycles. The summed E-state index contributed by atoms with van der Waals surface area (Å²) in [7, 11) is 0. The minimum Gasteiger partial charge on any atom is -0.396 e. The Hall–Kier alpha value is -0.0800. The summed E-state index contributed by atoms with van der Waals surface area (Å²) in [6, 6.07) is 0. The summed E-state index contributed by atoms with van der Waals surface area (Å²) in [6.45, 7) is 6.29. The van der Waals surface area contributed by atoms with E-state index in [1.54, 1.807) is 0 Å². The molecule has 2 atom stereocenters. The highest BCUT2D eigenvalue weighted by Crippen LogP contribution is 2.16. The van der Waals surface area contributed by atoms with Gasteiger partial charge in [0.05, 0.1) is 6.10 Å². The third-order valence-electron chi connectivity index (χ3n) is 2.08. The molecule has 11 heavy (non-hydrogen) atoms. The lowest BCUT2D eigenvalue weighted by molar-refractivity contribution is 0.0651. The summed E-state index contributed by atoms with van der Waals surface area (Å²) in [5.74, 6) is 0.630. The van der Waals surface area contributed by atoms with Gasteiger partial charge >= 0.3 is 0 Å². The highest BCUT2D eigenvalue weighted by atomic mass is 16.3. The molecule has 0 amide bonds. The molecular weight excluding hydrogens is 140 g/mol. The molecule has 2 nitrogen and oxygen atoms in total. The number of rotatable bonds is 5. The predicted octanol–water partition coefficient (Wildman–Crippen LogP) is 1.41. The van der Waals surface area contributed by atoms with E-state index in [9.17, 15) is 5.11 Å². The topological polar surface area (TPSA) is 40.5 Å². The molecule has 0 heterocycles. The highest BCUT2D eigenvalue weighted by Gasteiger charge is 2.16. The number of hydrogen-bond donors (Lipinski definition) is 2. The van der Waals surface area contributed by atoms with E-state index >= 15 is 0 Å². The van der Waals surface area contributed by atoms with Crippen LogP contribution in [0.1, 0.15) is 33.6 Å². The summed E-state index contributed by atoms with van der Waals surface area (Å²) < 4.78 is 0. The van der Waals surface area contributed by atoms with Crippen LogP contribution in [0.15, 0.2) is 0 Å². The van der Waals surface area contributed by atoms with Gasteiger partial charge in [-0.3, -0.25) is 0 Å². The maximum atomic E-state index is 9.54. The van der Waals surface area contributed by atoms with Gasteiger partial charge in [-0.15, -0.1) is 0 Å². The van der Waals surface area contributed by atoms with Gasteiger partial charge in [0.25, 0.3) is 0 Å². The van der Waals surface area contributed by atoms with Crippen molar-refractivity contribution in [3.05, 3.63) is 0 Å². The van der Waals surface area contributed by atoms with Gasteiger partial charge in [0.15, 0.2) is 0 Å². The van der Waals surface area contributed by atoms with E-state index in [1.165, 1.54) is 0 Å². The van der Waals surface area contributed by atoms with Crippen molar-refractivity contribution in [2.75, 3.05) is 6.61 Å². The van der Waals surface area contributed by atoms with E-state index < -0.39 is 0 Å². The summed E-state index contributed by atoms with van der Waals surface area (Å²) >= 11 is 0. The standard InChI is InChI=1S/C9H20O2/c1-7(2)9(11)8(3)5-4-6-10/h7-11H,4-6H2,1-3H3. The van der Waals surface area contributed by atoms with Gasteiger partial charge in [-0.25, -0.2) is 0 Å². The van der Waals surface area contributed by atoms with Crippen molar-refractivity contribution in [2.24, 2.45) is 11.8 Å². The minimum atomic E-state index is -0.221. The maximum absolute atomic E-state index is 9.54. The molecule has 0 aliphatic heterocycles. The largest absolute Gasteiger partial charge is 0.396 e. The van der Waals surface area contributed by atoms with Crippen LogP contribution in [0.25, 0.3) is 0 Å². The second-order valence-corrected chi connectivity index (χ2v) is 3.58. The van der Waals surface area contributed by atoms with Crippen molar-refractivity contribution < 1.29 is 10.2 Å². The molecule has 0 aliphatic rings. The molecule has 2 heteroatoms. The van der Waals surface area contributed by atoms with Crippen LogP contribution in [0.4, 0.5) is 0 Å². The lowest BCUT2D eigenvalue weighted by Gasteiger charge is -2.21. The maximum Gasteiger partial charge on any atom is 0.0588 e. The number of hydrogen-bond acceptors (Lipinski definition) is 2. The fraction of sp³-hybridized carbons (Fsp3) is 1.00. The normalized spacial score (nSPS) is 16.9. The first-order valence-corrected chi connectivity index (χ1v) is 4.38. The van der Waals surface area contributed by atoms with Gasteiger partial charge < -0.3 is 10.2 Å². The van der Waals surface area contributed by atoms with Crippen molar-refractivity contribution in [2.45, 2.75) is 39.7 Å². The van der Waals surface area contributed by atoms with Gasteiger partial charge in [-0.2, -0.15) is 0 Å². The Kier molecular flexibility index (Phi) is 5.51. The predicted molar refractivity (Wildman–Crippen MR) is 46.3 cm³/mol. The fourth-order valence-corrected chi connectivity index (χ4v) is 1.24. The molecule has 0 aromatic heterocycles. The minimum absolute atomic E-state index is 0.221. The molecule has 0 aliphatic carbocycles. The van der Waals surface area contributed by atoms with Gasteiger partial charge in [-0.1, -0.05) is 20.8 Å². The Morgan fingerprint density at radius 1 is 1.18 bits per heavy atom. The Morgan fingerprint density at radius 3 is 2.09 bits per heavy atom. The lowest BCUT2D eigenvalue weighted by atomic mass is 9.91. The van der Waals surface area contributed by atoms with Crippen molar-refractivity contribution in [3.8, 4) is 0 Å².